The minimum absolute atomic E-state index is 0.295. The lowest BCUT2D eigenvalue weighted by Crippen LogP contribution is -2.00. The number of hydrogen-bond acceptors (Lipinski definition) is 3. The fourth-order valence-corrected chi connectivity index (χ4v) is 0.884. The highest BCUT2D eigenvalue weighted by molar-refractivity contribution is 6.30. The van der Waals surface area contributed by atoms with E-state index in [0.717, 1.165) is 0 Å². The quantitative estimate of drug-likeness (QED) is 0.323. The van der Waals surface area contributed by atoms with Crippen molar-refractivity contribution in [2.24, 2.45) is 5.11 Å². The molecular weight excluding hydrogens is 192 g/mol. The molecule has 0 aromatic carbocycles. The third-order valence-corrected chi connectivity index (χ3v) is 1.41. The molecule has 1 heterocycles. The number of rotatable bonds is 4. The van der Waals surface area contributed by atoms with Gasteiger partial charge in [0.05, 0.1) is 24.4 Å². The Morgan fingerprint density at radius 3 is 3.15 bits per heavy atom. The molecule has 68 valence electrons. The smallest absolute Gasteiger partial charge is 0.139 e. The summed E-state index contributed by atoms with van der Waals surface area (Å²) >= 11 is 5.66. The fourth-order valence-electron chi connectivity index (χ4n) is 0.720. The predicted molar refractivity (Wildman–Crippen MR) is 48.8 cm³/mol. The van der Waals surface area contributed by atoms with Gasteiger partial charge in [0.2, 0.25) is 0 Å². The van der Waals surface area contributed by atoms with Crippen LogP contribution in [0.5, 0.6) is 5.75 Å². The monoisotopic (exact) mass is 198 g/mol. The average molecular weight is 199 g/mol. The molecule has 0 fully saturated rings. The maximum Gasteiger partial charge on any atom is 0.139 e. The summed E-state index contributed by atoms with van der Waals surface area (Å²) < 4.78 is 5.18. The molecule has 0 bridgehead atoms. The normalized spacial score (nSPS) is 9.00. The first-order chi connectivity index (χ1) is 6.33. The zero-order valence-corrected chi connectivity index (χ0v) is 7.48. The van der Waals surface area contributed by atoms with E-state index in [9.17, 15) is 0 Å². The molecule has 1 rings (SSSR count). The molecule has 0 spiro atoms. The molecule has 0 aliphatic rings. The minimum atomic E-state index is 0.295. The Hall–Kier alpha value is -1.45. The highest BCUT2D eigenvalue weighted by atomic mass is 35.5. The first-order valence-corrected chi connectivity index (χ1v) is 3.95. The summed E-state index contributed by atoms with van der Waals surface area (Å²) in [6.45, 7) is 0.620. The first-order valence-electron chi connectivity index (χ1n) is 3.57. The molecule has 0 N–H and O–H groups in total. The van der Waals surface area contributed by atoms with E-state index in [0.29, 0.717) is 23.9 Å². The van der Waals surface area contributed by atoms with Gasteiger partial charge in [0.15, 0.2) is 0 Å². The molecule has 0 unspecified atom stereocenters. The standard InChI is InChI=1S/C7H7ClN4O/c8-6-3-7(5-10-4-6)13-2-1-11-12-9/h3-5H,1-2H2. The molecular formula is C7H7ClN4O. The van der Waals surface area contributed by atoms with E-state index in [1.54, 1.807) is 12.3 Å². The molecule has 6 heteroatoms. The molecule has 0 atom stereocenters. The number of ether oxygens (including phenoxy) is 1. The van der Waals surface area contributed by atoms with Crippen molar-refractivity contribution in [3.8, 4) is 5.75 Å². The van der Waals surface area contributed by atoms with Gasteiger partial charge in [0.1, 0.15) is 5.75 Å². The minimum Gasteiger partial charge on any atom is -0.492 e. The lowest BCUT2D eigenvalue weighted by Gasteiger charge is -2.02. The zero-order valence-electron chi connectivity index (χ0n) is 6.72. The van der Waals surface area contributed by atoms with Gasteiger partial charge in [-0.25, -0.2) is 0 Å². The fraction of sp³-hybridized carbons (Fsp3) is 0.286. The molecule has 0 saturated carbocycles. The van der Waals surface area contributed by atoms with Gasteiger partial charge in [-0.15, -0.1) is 0 Å². The van der Waals surface area contributed by atoms with Crippen LogP contribution >= 0.6 is 11.6 Å². The summed E-state index contributed by atoms with van der Waals surface area (Å²) in [7, 11) is 0. The summed E-state index contributed by atoms with van der Waals surface area (Å²) in [5.74, 6) is 0.570. The SMILES string of the molecule is [N-]=[N+]=NCCOc1cncc(Cl)c1. The third-order valence-electron chi connectivity index (χ3n) is 1.20. The third kappa shape index (κ3) is 3.64. The number of nitrogens with zero attached hydrogens (tertiary/aromatic N) is 4. The van der Waals surface area contributed by atoms with Crippen molar-refractivity contribution in [3.05, 3.63) is 33.9 Å². The molecule has 1 aromatic rings. The van der Waals surface area contributed by atoms with E-state index in [1.165, 1.54) is 6.20 Å². The van der Waals surface area contributed by atoms with Crippen molar-refractivity contribution in [2.75, 3.05) is 13.2 Å². The Labute approximate surface area is 79.9 Å². The van der Waals surface area contributed by atoms with Crippen LogP contribution in [0, 0.1) is 0 Å². The van der Waals surface area contributed by atoms with Crippen LogP contribution in [0.1, 0.15) is 0 Å². The lowest BCUT2D eigenvalue weighted by molar-refractivity contribution is 0.327. The van der Waals surface area contributed by atoms with E-state index < -0.39 is 0 Å². The van der Waals surface area contributed by atoms with Crippen LogP contribution in [0.25, 0.3) is 10.4 Å². The molecule has 0 saturated heterocycles. The number of pyridine rings is 1. The highest BCUT2D eigenvalue weighted by Crippen LogP contribution is 2.14. The molecule has 13 heavy (non-hydrogen) atoms. The van der Waals surface area contributed by atoms with Crippen molar-refractivity contribution in [1.82, 2.24) is 4.98 Å². The van der Waals surface area contributed by atoms with Crippen LogP contribution in [0.15, 0.2) is 23.6 Å². The van der Waals surface area contributed by atoms with Crippen molar-refractivity contribution in [1.29, 1.82) is 0 Å². The van der Waals surface area contributed by atoms with Gasteiger partial charge in [-0.1, -0.05) is 16.7 Å². The van der Waals surface area contributed by atoms with Crippen molar-refractivity contribution in [3.63, 3.8) is 0 Å². The average Bonchev–Trinajstić information content (AvgIpc) is 2.13. The van der Waals surface area contributed by atoms with Gasteiger partial charge < -0.3 is 4.74 Å². The second kappa shape index (κ2) is 5.24. The zero-order chi connectivity index (χ0) is 9.52. The van der Waals surface area contributed by atoms with Crippen molar-refractivity contribution < 1.29 is 4.74 Å². The number of halogens is 1. The second-order valence-corrected chi connectivity index (χ2v) is 2.58. The maximum absolute atomic E-state index is 7.98. The molecule has 0 aliphatic carbocycles. The van der Waals surface area contributed by atoms with Gasteiger partial charge in [0, 0.05) is 17.2 Å². The van der Waals surface area contributed by atoms with Crippen molar-refractivity contribution in [2.45, 2.75) is 0 Å². The van der Waals surface area contributed by atoms with Crippen LogP contribution in [-0.4, -0.2) is 18.1 Å². The van der Waals surface area contributed by atoms with E-state index in [1.807, 2.05) is 0 Å². The van der Waals surface area contributed by atoms with Crippen LogP contribution in [0.3, 0.4) is 0 Å². The number of azide groups is 1. The maximum atomic E-state index is 7.98. The second-order valence-electron chi connectivity index (χ2n) is 2.14. The van der Waals surface area contributed by atoms with Crippen molar-refractivity contribution >= 4 is 11.6 Å². The van der Waals surface area contributed by atoms with E-state index >= 15 is 0 Å². The van der Waals surface area contributed by atoms with E-state index in [4.69, 9.17) is 21.9 Å². The summed E-state index contributed by atoms with van der Waals surface area (Å²) in [5, 5.41) is 3.83. The summed E-state index contributed by atoms with van der Waals surface area (Å²) in [5.41, 5.74) is 7.98. The summed E-state index contributed by atoms with van der Waals surface area (Å²) in [6, 6.07) is 1.64. The molecule has 0 aliphatic heterocycles. The van der Waals surface area contributed by atoms with Gasteiger partial charge in [-0.3, -0.25) is 4.98 Å². The van der Waals surface area contributed by atoms with Gasteiger partial charge in [-0.05, 0) is 5.53 Å². The highest BCUT2D eigenvalue weighted by Gasteiger charge is 1.94. The van der Waals surface area contributed by atoms with Gasteiger partial charge >= 0.3 is 0 Å². The van der Waals surface area contributed by atoms with Crippen LogP contribution < -0.4 is 4.74 Å². The Balaban J connectivity index is 2.40. The lowest BCUT2D eigenvalue weighted by atomic mass is 10.4. The Kier molecular flexibility index (Phi) is 3.88. The predicted octanol–water partition coefficient (Wildman–Crippen LogP) is 2.42. The molecule has 5 nitrogen and oxygen atoms in total. The Bertz CT molecular complexity index is 324. The van der Waals surface area contributed by atoms with Gasteiger partial charge in [0.25, 0.3) is 0 Å². The summed E-state index contributed by atoms with van der Waals surface area (Å²) in [6.07, 6.45) is 3.06. The Morgan fingerprint density at radius 1 is 1.62 bits per heavy atom. The van der Waals surface area contributed by atoms with E-state index in [2.05, 4.69) is 15.0 Å². The largest absolute Gasteiger partial charge is 0.492 e. The molecule has 0 radical (unpaired) electrons. The van der Waals surface area contributed by atoms with Crippen LogP contribution in [0.4, 0.5) is 0 Å². The Morgan fingerprint density at radius 2 is 2.46 bits per heavy atom. The molecule has 0 amide bonds. The number of hydrogen-bond donors (Lipinski definition) is 0. The van der Waals surface area contributed by atoms with E-state index in [-0.39, 0.29) is 0 Å². The van der Waals surface area contributed by atoms with Gasteiger partial charge in [-0.2, -0.15) is 0 Å². The topological polar surface area (TPSA) is 70.9 Å². The molecule has 1 aromatic heterocycles. The first kappa shape index (κ1) is 9.64. The number of aromatic nitrogens is 1. The van der Waals surface area contributed by atoms with Crippen LogP contribution in [0.2, 0.25) is 5.02 Å². The summed E-state index contributed by atoms with van der Waals surface area (Å²) in [4.78, 5) is 6.41. The van der Waals surface area contributed by atoms with Crippen LogP contribution in [-0.2, 0) is 0 Å².